The van der Waals surface area contributed by atoms with Gasteiger partial charge in [-0.05, 0) is 0 Å². The maximum atomic E-state index is 10.7. The Labute approximate surface area is 80.1 Å². The van der Waals surface area contributed by atoms with Crippen molar-refractivity contribution in [3.8, 4) is 0 Å². The third kappa shape index (κ3) is 1.74. The van der Waals surface area contributed by atoms with E-state index in [0.29, 0.717) is 6.08 Å². The molecule has 5 nitrogen and oxygen atoms in total. The van der Waals surface area contributed by atoms with Crippen LogP contribution in [0.15, 0.2) is 24.3 Å². The van der Waals surface area contributed by atoms with Gasteiger partial charge >= 0.3 is 5.97 Å². The molecule has 0 saturated heterocycles. The molecule has 0 aromatic rings. The van der Waals surface area contributed by atoms with Crippen molar-refractivity contribution in [2.24, 2.45) is 0 Å². The summed E-state index contributed by atoms with van der Waals surface area (Å²) in [6.45, 7) is 5.94. The van der Waals surface area contributed by atoms with Crippen LogP contribution in [0.4, 0.5) is 0 Å². The van der Waals surface area contributed by atoms with Gasteiger partial charge in [0, 0.05) is 5.03 Å². The molecule has 74 valence electrons. The minimum Gasteiger partial charge on any atom is -0.479 e. The van der Waals surface area contributed by atoms with E-state index in [1.165, 1.54) is 0 Å². The van der Waals surface area contributed by atoms with Crippen molar-refractivity contribution in [3.63, 3.8) is 0 Å². The largest absolute Gasteiger partial charge is 0.479 e. The maximum Gasteiger partial charge on any atom is 0.337 e. The topological polar surface area (TPSA) is 91.7 Å². The first-order chi connectivity index (χ1) is 5.70. The average Bonchev–Trinajstić information content (AvgIpc) is 1.83. The van der Waals surface area contributed by atoms with Crippen LogP contribution in [0.5, 0.6) is 0 Å². The molecule has 0 heterocycles. The van der Waals surface area contributed by atoms with Crippen LogP contribution in [0.3, 0.4) is 0 Å². The molecule has 0 radical (unpaired) electrons. The molecule has 1 unspecified atom stereocenters. The number of hydrogen-bond donors (Lipinski definition) is 2. The van der Waals surface area contributed by atoms with E-state index in [-0.39, 0.29) is 0 Å². The zero-order valence-corrected chi connectivity index (χ0v) is 7.97. The van der Waals surface area contributed by atoms with Gasteiger partial charge in [-0.2, -0.15) is 8.42 Å². The molecule has 0 fully saturated rings. The lowest BCUT2D eigenvalue weighted by Crippen LogP contribution is -2.44. The number of rotatable bonds is 4. The molecular weight excluding hydrogens is 220 g/mol. The van der Waals surface area contributed by atoms with E-state index >= 15 is 0 Å². The van der Waals surface area contributed by atoms with E-state index in [2.05, 4.69) is 13.2 Å². The zero-order chi connectivity index (χ0) is 10.9. The Morgan fingerprint density at radius 1 is 1.54 bits per heavy atom. The van der Waals surface area contributed by atoms with Gasteiger partial charge in [-0.15, -0.1) is 6.58 Å². The second kappa shape index (κ2) is 3.49. The molecular formula is C6H7ClO5S. The highest BCUT2D eigenvalue weighted by atomic mass is 35.5. The predicted molar refractivity (Wildman–Crippen MR) is 47.1 cm³/mol. The number of carbonyl (C=O) groups is 1. The van der Waals surface area contributed by atoms with Crippen LogP contribution in [-0.2, 0) is 14.9 Å². The summed E-state index contributed by atoms with van der Waals surface area (Å²) in [6, 6.07) is 0. The Kier molecular flexibility index (Phi) is 3.26. The molecule has 0 aromatic heterocycles. The van der Waals surface area contributed by atoms with Crippen molar-refractivity contribution in [3.05, 3.63) is 24.3 Å². The first-order valence-electron chi connectivity index (χ1n) is 2.89. The summed E-state index contributed by atoms with van der Waals surface area (Å²) in [4.78, 5) is 10.6. The van der Waals surface area contributed by atoms with Gasteiger partial charge in [0.1, 0.15) is 0 Å². The molecule has 13 heavy (non-hydrogen) atoms. The molecule has 0 saturated carbocycles. The second-order valence-electron chi connectivity index (χ2n) is 2.12. The van der Waals surface area contributed by atoms with Crippen LogP contribution in [-0.4, -0.2) is 28.8 Å². The fourth-order valence-corrected chi connectivity index (χ4v) is 1.83. The molecule has 2 N–H and O–H groups in total. The van der Waals surface area contributed by atoms with Crippen molar-refractivity contribution < 1.29 is 22.9 Å². The smallest absolute Gasteiger partial charge is 0.337 e. The van der Waals surface area contributed by atoms with Crippen LogP contribution in [0.1, 0.15) is 0 Å². The highest BCUT2D eigenvalue weighted by molar-refractivity contribution is 7.88. The van der Waals surface area contributed by atoms with E-state index in [9.17, 15) is 13.2 Å². The van der Waals surface area contributed by atoms with Gasteiger partial charge in [-0.25, -0.2) is 4.79 Å². The van der Waals surface area contributed by atoms with Crippen LogP contribution >= 0.6 is 11.6 Å². The summed E-state index contributed by atoms with van der Waals surface area (Å²) < 4.78 is 27.4. The lowest BCUT2D eigenvalue weighted by Gasteiger charge is -2.20. The van der Waals surface area contributed by atoms with Crippen molar-refractivity contribution in [1.82, 2.24) is 0 Å². The second-order valence-corrected chi connectivity index (χ2v) is 4.18. The number of carboxylic acids is 1. The van der Waals surface area contributed by atoms with Crippen molar-refractivity contribution >= 4 is 27.7 Å². The van der Waals surface area contributed by atoms with Crippen molar-refractivity contribution in [2.45, 2.75) is 4.75 Å². The number of halogens is 1. The molecule has 0 bridgehead atoms. The molecule has 0 aromatic carbocycles. The maximum absolute atomic E-state index is 10.7. The standard InChI is InChI=1S/C6H7ClO5S/c1-3-6(4(2)7,5(8)9)13(10,11)12/h3H,1-2H2,(H,8,9)(H,10,11,12). The third-order valence-corrected chi connectivity index (χ3v) is 3.23. The molecule has 1 atom stereocenters. The summed E-state index contributed by atoms with van der Waals surface area (Å²) in [5.74, 6) is -1.86. The average molecular weight is 227 g/mol. The monoisotopic (exact) mass is 226 g/mol. The fourth-order valence-electron chi connectivity index (χ4n) is 0.670. The van der Waals surface area contributed by atoms with E-state index in [1.54, 1.807) is 0 Å². The van der Waals surface area contributed by atoms with Gasteiger partial charge in [0.05, 0.1) is 0 Å². The third-order valence-electron chi connectivity index (χ3n) is 1.42. The van der Waals surface area contributed by atoms with Gasteiger partial charge in [-0.1, -0.05) is 24.3 Å². The van der Waals surface area contributed by atoms with Gasteiger partial charge in [0.25, 0.3) is 10.1 Å². The molecule has 0 rings (SSSR count). The summed E-state index contributed by atoms with van der Waals surface area (Å²) in [5.41, 5.74) is 0. The van der Waals surface area contributed by atoms with E-state index in [1.807, 2.05) is 0 Å². The van der Waals surface area contributed by atoms with Crippen molar-refractivity contribution in [1.29, 1.82) is 0 Å². The summed E-state index contributed by atoms with van der Waals surface area (Å²) in [5, 5.41) is 7.82. The fraction of sp³-hybridized carbons (Fsp3) is 0.167. The van der Waals surface area contributed by atoms with Crippen LogP contribution < -0.4 is 0 Å². The minimum atomic E-state index is -4.92. The number of hydrogen-bond acceptors (Lipinski definition) is 3. The minimum absolute atomic E-state index is 0.500. The summed E-state index contributed by atoms with van der Waals surface area (Å²) in [7, 11) is -4.92. The number of aliphatic carboxylic acids is 1. The molecule has 0 spiro atoms. The van der Waals surface area contributed by atoms with Crippen LogP contribution in [0, 0.1) is 0 Å². The van der Waals surface area contributed by atoms with E-state index in [4.69, 9.17) is 21.3 Å². The predicted octanol–water partition coefficient (Wildman–Crippen LogP) is 0.636. The highest BCUT2D eigenvalue weighted by Crippen LogP contribution is 2.29. The van der Waals surface area contributed by atoms with Crippen LogP contribution in [0.2, 0.25) is 0 Å². The summed E-state index contributed by atoms with van der Waals surface area (Å²) >= 11 is 5.19. The molecule has 0 amide bonds. The van der Waals surface area contributed by atoms with E-state index < -0.39 is 25.9 Å². The first-order valence-corrected chi connectivity index (χ1v) is 4.71. The number of carboxylic acid groups (broad SMARTS) is 1. The highest BCUT2D eigenvalue weighted by Gasteiger charge is 2.50. The SMILES string of the molecule is C=CC(C(=C)Cl)(C(=O)O)S(=O)(=O)O. The lowest BCUT2D eigenvalue weighted by atomic mass is 10.1. The van der Waals surface area contributed by atoms with Gasteiger partial charge in [0.2, 0.25) is 4.75 Å². The summed E-state index contributed by atoms with van der Waals surface area (Å²) in [6.07, 6.45) is 0.500. The van der Waals surface area contributed by atoms with E-state index in [0.717, 1.165) is 0 Å². The first kappa shape index (κ1) is 12.2. The van der Waals surface area contributed by atoms with Crippen LogP contribution in [0.25, 0.3) is 0 Å². The Morgan fingerprint density at radius 2 is 1.92 bits per heavy atom. The van der Waals surface area contributed by atoms with Gasteiger partial charge in [-0.3, -0.25) is 4.55 Å². The molecule has 0 aliphatic rings. The Bertz CT molecular complexity index is 341. The Morgan fingerprint density at radius 3 is 1.92 bits per heavy atom. The molecule has 7 heteroatoms. The normalized spacial score (nSPS) is 15.8. The molecule has 0 aliphatic carbocycles. The Balaban J connectivity index is 5.83. The quantitative estimate of drug-likeness (QED) is 0.542. The van der Waals surface area contributed by atoms with Crippen molar-refractivity contribution in [2.75, 3.05) is 0 Å². The molecule has 0 aliphatic heterocycles. The van der Waals surface area contributed by atoms with Gasteiger partial charge < -0.3 is 5.11 Å². The van der Waals surface area contributed by atoms with Gasteiger partial charge in [0.15, 0.2) is 0 Å². The zero-order valence-electron chi connectivity index (χ0n) is 6.40. The lowest BCUT2D eigenvalue weighted by molar-refractivity contribution is -0.137. The Hall–Kier alpha value is -0.850.